The first-order chi connectivity index (χ1) is 8.21. The van der Waals surface area contributed by atoms with Crippen molar-refractivity contribution >= 4 is 11.6 Å². The van der Waals surface area contributed by atoms with Crippen LogP contribution in [0.1, 0.15) is 46.1 Å². The number of nitrogens with two attached hydrogens (primary N) is 1. The molecule has 3 nitrogen and oxygen atoms in total. The van der Waals surface area contributed by atoms with Crippen molar-refractivity contribution in [2.75, 3.05) is 5.32 Å². The van der Waals surface area contributed by atoms with Crippen LogP contribution >= 0.6 is 0 Å². The van der Waals surface area contributed by atoms with E-state index in [0.717, 1.165) is 5.69 Å². The van der Waals surface area contributed by atoms with Crippen LogP contribution in [0, 0.1) is 5.41 Å². The van der Waals surface area contributed by atoms with Crippen molar-refractivity contribution in [2.45, 2.75) is 46.6 Å². The summed E-state index contributed by atoms with van der Waals surface area (Å²) >= 11 is 0. The highest BCUT2D eigenvalue weighted by Crippen LogP contribution is 2.20. The third kappa shape index (κ3) is 3.84. The van der Waals surface area contributed by atoms with E-state index in [4.69, 9.17) is 5.73 Å². The van der Waals surface area contributed by atoms with Crippen LogP contribution in [0.4, 0.5) is 5.69 Å². The Hall–Kier alpha value is -1.35. The first-order valence-electron chi connectivity index (χ1n) is 6.38. The van der Waals surface area contributed by atoms with Gasteiger partial charge in [-0.25, -0.2) is 0 Å². The second-order valence-electron chi connectivity index (χ2n) is 6.11. The minimum Gasteiger partial charge on any atom is -0.325 e. The van der Waals surface area contributed by atoms with E-state index >= 15 is 0 Å². The lowest BCUT2D eigenvalue weighted by Crippen LogP contribution is -2.45. The number of benzene rings is 1. The Balaban J connectivity index is 2.71. The number of rotatable bonds is 3. The smallest absolute Gasteiger partial charge is 0.241 e. The zero-order valence-corrected chi connectivity index (χ0v) is 11.9. The fourth-order valence-corrected chi connectivity index (χ4v) is 1.56. The first-order valence-corrected chi connectivity index (χ1v) is 6.38. The average molecular weight is 248 g/mol. The van der Waals surface area contributed by atoms with Crippen LogP contribution in [0.2, 0.25) is 0 Å². The van der Waals surface area contributed by atoms with Crippen molar-refractivity contribution in [3.63, 3.8) is 0 Å². The van der Waals surface area contributed by atoms with Gasteiger partial charge in [-0.3, -0.25) is 4.79 Å². The zero-order chi connectivity index (χ0) is 13.9. The molecule has 0 bridgehead atoms. The molecule has 0 unspecified atom stereocenters. The summed E-state index contributed by atoms with van der Waals surface area (Å²) in [5, 5.41) is 2.85. The van der Waals surface area contributed by atoms with Crippen molar-refractivity contribution in [3.05, 3.63) is 29.8 Å². The molecule has 0 aliphatic heterocycles. The van der Waals surface area contributed by atoms with Gasteiger partial charge in [0.2, 0.25) is 5.91 Å². The maximum Gasteiger partial charge on any atom is 0.241 e. The van der Waals surface area contributed by atoms with Crippen molar-refractivity contribution in [3.8, 4) is 0 Å². The normalized spacial score (nSPS) is 13.5. The van der Waals surface area contributed by atoms with E-state index in [1.54, 1.807) is 0 Å². The molecule has 0 heterocycles. The van der Waals surface area contributed by atoms with Crippen molar-refractivity contribution in [1.82, 2.24) is 0 Å². The quantitative estimate of drug-likeness (QED) is 0.863. The molecule has 0 fully saturated rings. The van der Waals surface area contributed by atoms with Gasteiger partial charge in [0.15, 0.2) is 0 Å². The highest BCUT2D eigenvalue weighted by atomic mass is 16.2. The number of amides is 1. The molecule has 3 N–H and O–H groups in total. The Morgan fingerprint density at radius 2 is 1.67 bits per heavy atom. The predicted octanol–water partition coefficient (Wildman–Crippen LogP) is 3.12. The molecular formula is C15H24N2O. The molecule has 0 spiro atoms. The molecule has 1 atom stereocenters. The van der Waals surface area contributed by atoms with Gasteiger partial charge in [-0.05, 0) is 29.0 Å². The Labute approximate surface area is 110 Å². The third-order valence-corrected chi connectivity index (χ3v) is 3.06. The number of nitrogens with one attached hydrogen (secondary N) is 1. The maximum atomic E-state index is 11.9. The fourth-order valence-electron chi connectivity index (χ4n) is 1.56. The van der Waals surface area contributed by atoms with Crippen molar-refractivity contribution in [2.24, 2.45) is 11.1 Å². The van der Waals surface area contributed by atoms with Gasteiger partial charge in [0.05, 0.1) is 6.04 Å². The van der Waals surface area contributed by atoms with Crippen LogP contribution in [-0.2, 0) is 4.79 Å². The van der Waals surface area contributed by atoms with Gasteiger partial charge >= 0.3 is 0 Å². The van der Waals surface area contributed by atoms with E-state index in [-0.39, 0.29) is 11.3 Å². The van der Waals surface area contributed by atoms with E-state index in [0.29, 0.717) is 5.92 Å². The van der Waals surface area contributed by atoms with Gasteiger partial charge in [-0.15, -0.1) is 0 Å². The molecular weight excluding hydrogens is 224 g/mol. The molecule has 0 aliphatic rings. The number of hydrogen-bond acceptors (Lipinski definition) is 2. The third-order valence-electron chi connectivity index (χ3n) is 3.06. The zero-order valence-electron chi connectivity index (χ0n) is 11.9. The van der Waals surface area contributed by atoms with E-state index in [1.165, 1.54) is 5.56 Å². The standard InChI is InChI=1S/C15H24N2O/c1-10(2)11-6-8-12(9-7-11)17-14(18)13(16)15(3,4)5/h6-10,13H,16H2,1-5H3,(H,17,18)/t13-/m0/s1. The number of carbonyl (C=O) groups is 1. The van der Waals surface area contributed by atoms with Crippen LogP contribution in [-0.4, -0.2) is 11.9 Å². The van der Waals surface area contributed by atoms with Gasteiger partial charge in [-0.1, -0.05) is 46.8 Å². The lowest BCUT2D eigenvalue weighted by atomic mass is 9.87. The van der Waals surface area contributed by atoms with E-state index in [2.05, 4.69) is 19.2 Å². The van der Waals surface area contributed by atoms with Gasteiger partial charge in [-0.2, -0.15) is 0 Å². The van der Waals surface area contributed by atoms with Crippen LogP contribution in [0.3, 0.4) is 0 Å². The lowest BCUT2D eigenvalue weighted by molar-refractivity contribution is -0.119. The van der Waals surface area contributed by atoms with Crippen LogP contribution < -0.4 is 11.1 Å². The largest absolute Gasteiger partial charge is 0.325 e. The molecule has 1 rings (SSSR count). The summed E-state index contributed by atoms with van der Waals surface area (Å²) < 4.78 is 0. The predicted molar refractivity (Wildman–Crippen MR) is 76.6 cm³/mol. The monoisotopic (exact) mass is 248 g/mol. The van der Waals surface area contributed by atoms with Gasteiger partial charge < -0.3 is 11.1 Å². The molecule has 0 aliphatic carbocycles. The fraction of sp³-hybridized carbons (Fsp3) is 0.533. The van der Waals surface area contributed by atoms with Crippen LogP contribution in [0.5, 0.6) is 0 Å². The molecule has 18 heavy (non-hydrogen) atoms. The molecule has 0 radical (unpaired) electrons. The molecule has 0 saturated carbocycles. The topological polar surface area (TPSA) is 55.1 Å². The summed E-state index contributed by atoms with van der Waals surface area (Å²) in [6, 6.07) is 7.39. The minimum absolute atomic E-state index is 0.139. The molecule has 1 aromatic rings. The van der Waals surface area contributed by atoms with Gasteiger partial charge in [0.25, 0.3) is 0 Å². The Bertz CT molecular complexity index is 401. The van der Waals surface area contributed by atoms with Crippen molar-refractivity contribution < 1.29 is 4.79 Å². The van der Waals surface area contributed by atoms with Crippen molar-refractivity contribution in [1.29, 1.82) is 0 Å². The Morgan fingerprint density at radius 1 is 1.17 bits per heavy atom. The summed E-state index contributed by atoms with van der Waals surface area (Å²) in [6.07, 6.45) is 0. The average Bonchev–Trinajstić information content (AvgIpc) is 2.27. The van der Waals surface area contributed by atoms with Crippen LogP contribution in [0.25, 0.3) is 0 Å². The molecule has 0 aromatic heterocycles. The number of anilines is 1. The Morgan fingerprint density at radius 3 is 2.06 bits per heavy atom. The first kappa shape index (κ1) is 14.7. The SMILES string of the molecule is CC(C)c1ccc(NC(=O)[C@H](N)C(C)(C)C)cc1. The summed E-state index contributed by atoms with van der Waals surface area (Å²) in [6.45, 7) is 10.2. The molecule has 1 aromatic carbocycles. The highest BCUT2D eigenvalue weighted by molar-refractivity contribution is 5.95. The second kappa shape index (κ2) is 5.53. The lowest BCUT2D eigenvalue weighted by Gasteiger charge is -2.25. The molecule has 100 valence electrons. The molecule has 0 saturated heterocycles. The maximum absolute atomic E-state index is 11.9. The highest BCUT2D eigenvalue weighted by Gasteiger charge is 2.27. The van der Waals surface area contributed by atoms with Crippen LogP contribution in [0.15, 0.2) is 24.3 Å². The molecule has 3 heteroatoms. The van der Waals surface area contributed by atoms with E-state index < -0.39 is 6.04 Å². The summed E-state index contributed by atoms with van der Waals surface area (Å²) in [5.41, 5.74) is 7.73. The molecule has 1 amide bonds. The second-order valence-corrected chi connectivity index (χ2v) is 6.11. The van der Waals surface area contributed by atoms with E-state index in [1.807, 2.05) is 45.0 Å². The number of carbonyl (C=O) groups excluding carboxylic acids is 1. The summed E-state index contributed by atoms with van der Waals surface area (Å²) in [5.74, 6) is 0.353. The Kier molecular flexibility index (Phi) is 4.52. The van der Waals surface area contributed by atoms with Gasteiger partial charge in [0, 0.05) is 5.69 Å². The minimum atomic E-state index is -0.512. The summed E-state index contributed by atoms with van der Waals surface area (Å²) in [4.78, 5) is 11.9. The summed E-state index contributed by atoms with van der Waals surface area (Å²) in [7, 11) is 0. The van der Waals surface area contributed by atoms with Gasteiger partial charge in [0.1, 0.15) is 0 Å². The number of hydrogen-bond donors (Lipinski definition) is 2. The van der Waals surface area contributed by atoms with E-state index in [9.17, 15) is 4.79 Å².